The van der Waals surface area contributed by atoms with Crippen molar-refractivity contribution in [3.63, 3.8) is 0 Å². The van der Waals surface area contributed by atoms with E-state index in [2.05, 4.69) is 9.72 Å². The third-order valence-electron chi connectivity index (χ3n) is 2.70. The van der Waals surface area contributed by atoms with E-state index in [0.717, 1.165) is 30.0 Å². The van der Waals surface area contributed by atoms with Crippen LogP contribution in [-0.4, -0.2) is 17.6 Å². The normalized spacial score (nSPS) is 11.6. The molecule has 0 aliphatic heterocycles. The van der Waals surface area contributed by atoms with E-state index in [0.29, 0.717) is 11.3 Å². The Kier molecular flexibility index (Phi) is 5.81. The van der Waals surface area contributed by atoms with E-state index in [4.69, 9.17) is 0 Å². The molecule has 0 radical (unpaired) electrons. The van der Waals surface area contributed by atoms with Crippen LogP contribution in [0.1, 0.15) is 27.9 Å². The van der Waals surface area contributed by atoms with Crippen LogP contribution < -0.4 is 0 Å². The number of rotatable bonds is 5. The largest absolute Gasteiger partial charge is 0.462 e. The monoisotopic (exact) mass is 383 g/mol. The van der Waals surface area contributed by atoms with Gasteiger partial charge in [0.05, 0.1) is 6.61 Å². The van der Waals surface area contributed by atoms with Crippen molar-refractivity contribution < 1.29 is 31.5 Å². The lowest BCUT2D eigenvalue weighted by Crippen LogP contribution is -2.13. The molecule has 1 heterocycles. The first kappa shape index (κ1) is 18.7. The molecule has 10 heteroatoms. The lowest BCUT2D eigenvalue weighted by Gasteiger charge is -2.05. The second-order valence-corrected chi connectivity index (χ2v) is 6.62. The fourth-order valence-corrected chi connectivity index (χ4v) is 3.71. The van der Waals surface area contributed by atoms with E-state index < -0.39 is 34.4 Å². The smallest absolute Gasteiger partial charge is 0.435 e. The number of benzene rings is 1. The average molecular weight is 383 g/mol. The summed E-state index contributed by atoms with van der Waals surface area (Å²) < 4.78 is 70.0. The zero-order valence-electron chi connectivity index (χ0n) is 12.1. The number of hydrogen-bond donors (Lipinski definition) is 0. The maximum absolute atomic E-state index is 13.5. The molecule has 0 saturated carbocycles. The number of thiazole rings is 1. The van der Waals surface area contributed by atoms with Gasteiger partial charge in [0.25, 0.3) is 0 Å². The van der Waals surface area contributed by atoms with Gasteiger partial charge in [-0.05, 0) is 25.1 Å². The van der Waals surface area contributed by atoms with Gasteiger partial charge in [-0.2, -0.15) is 13.2 Å². The number of ether oxygens (including phenoxy) is 1. The third kappa shape index (κ3) is 4.44. The Balaban J connectivity index is 2.25. The van der Waals surface area contributed by atoms with Crippen molar-refractivity contribution in [2.24, 2.45) is 0 Å². The number of esters is 1. The van der Waals surface area contributed by atoms with Crippen LogP contribution in [0, 0.1) is 11.6 Å². The molecule has 24 heavy (non-hydrogen) atoms. The molecule has 0 aliphatic rings. The van der Waals surface area contributed by atoms with Gasteiger partial charge >= 0.3 is 12.1 Å². The van der Waals surface area contributed by atoms with Crippen LogP contribution in [0.4, 0.5) is 22.0 Å². The second-order valence-electron chi connectivity index (χ2n) is 4.40. The predicted molar refractivity (Wildman–Crippen MR) is 79.0 cm³/mol. The molecule has 0 bridgehead atoms. The first-order valence-electron chi connectivity index (χ1n) is 6.54. The summed E-state index contributed by atoms with van der Waals surface area (Å²) in [5.74, 6) is -2.58. The quantitative estimate of drug-likeness (QED) is 0.418. The van der Waals surface area contributed by atoms with Crippen molar-refractivity contribution in [2.45, 2.75) is 23.2 Å². The van der Waals surface area contributed by atoms with Gasteiger partial charge in [-0.15, -0.1) is 11.3 Å². The van der Waals surface area contributed by atoms with Gasteiger partial charge in [0.1, 0.15) is 16.5 Å². The molecule has 0 fully saturated rings. The number of carbonyl (C=O) groups is 1. The highest BCUT2D eigenvalue weighted by molar-refractivity contribution is 8.00. The summed E-state index contributed by atoms with van der Waals surface area (Å²) in [6, 6.07) is 2.82. The third-order valence-corrected chi connectivity index (χ3v) is 4.92. The summed E-state index contributed by atoms with van der Waals surface area (Å²) >= 11 is 1.28. The molecule has 0 N–H and O–H groups in total. The summed E-state index contributed by atoms with van der Waals surface area (Å²) in [4.78, 5) is 14.4. The van der Waals surface area contributed by atoms with Gasteiger partial charge < -0.3 is 4.74 Å². The minimum atomic E-state index is -4.82. The number of aromatic nitrogens is 1. The molecule has 0 amide bonds. The Morgan fingerprint density at radius 1 is 1.33 bits per heavy atom. The molecule has 1 aromatic heterocycles. The van der Waals surface area contributed by atoms with Gasteiger partial charge in [0.2, 0.25) is 0 Å². The molecule has 0 atom stereocenters. The number of nitrogens with zero attached hydrogens (tertiary/aromatic N) is 1. The molecular weight excluding hydrogens is 373 g/mol. The minimum Gasteiger partial charge on any atom is -0.462 e. The zero-order valence-corrected chi connectivity index (χ0v) is 13.7. The van der Waals surface area contributed by atoms with E-state index >= 15 is 0 Å². The van der Waals surface area contributed by atoms with E-state index in [9.17, 15) is 26.7 Å². The molecule has 0 spiro atoms. The first-order valence-corrected chi connectivity index (χ1v) is 8.34. The number of halogens is 5. The number of alkyl halides is 3. The highest BCUT2D eigenvalue weighted by Gasteiger charge is 2.40. The second kappa shape index (κ2) is 7.47. The van der Waals surface area contributed by atoms with Crippen molar-refractivity contribution in [1.29, 1.82) is 0 Å². The summed E-state index contributed by atoms with van der Waals surface area (Å²) in [7, 11) is 0. The van der Waals surface area contributed by atoms with E-state index in [1.165, 1.54) is 6.92 Å². The van der Waals surface area contributed by atoms with Crippen LogP contribution >= 0.6 is 23.1 Å². The number of carbonyl (C=O) groups excluding carboxylic acids is 1. The first-order chi connectivity index (χ1) is 11.2. The lowest BCUT2D eigenvalue weighted by atomic mass is 10.2. The molecule has 2 rings (SSSR count). The van der Waals surface area contributed by atoms with Crippen LogP contribution in [0.5, 0.6) is 0 Å². The molecule has 0 aliphatic carbocycles. The Hall–Kier alpha value is -1.68. The summed E-state index contributed by atoms with van der Waals surface area (Å²) in [6.45, 7) is 1.39. The Morgan fingerprint density at radius 3 is 2.67 bits per heavy atom. The van der Waals surface area contributed by atoms with Crippen LogP contribution in [-0.2, 0) is 16.7 Å². The Bertz CT molecular complexity index is 745. The van der Waals surface area contributed by atoms with Crippen LogP contribution in [0.3, 0.4) is 0 Å². The standard InChI is InChI=1S/C14H10F5NO2S2/c1-2-22-12(21)10-11(14(17,18)19)20-13(24-10)23-6-7-5-8(15)3-4-9(7)16/h3-5H,2,6H2,1H3. The van der Waals surface area contributed by atoms with Gasteiger partial charge in [-0.25, -0.2) is 18.6 Å². The van der Waals surface area contributed by atoms with Crippen LogP contribution in [0.15, 0.2) is 22.5 Å². The SMILES string of the molecule is CCOC(=O)c1sc(SCc2cc(F)ccc2F)nc1C(F)(F)F. The molecule has 2 aromatic rings. The van der Waals surface area contributed by atoms with Crippen molar-refractivity contribution in [3.05, 3.63) is 46.0 Å². The van der Waals surface area contributed by atoms with Crippen molar-refractivity contribution >= 4 is 29.1 Å². The van der Waals surface area contributed by atoms with Gasteiger partial charge in [0.15, 0.2) is 10.0 Å². The Labute approximate surface area is 141 Å². The lowest BCUT2D eigenvalue weighted by molar-refractivity contribution is -0.141. The minimum absolute atomic E-state index is 0.0126. The van der Waals surface area contributed by atoms with Gasteiger partial charge in [-0.3, -0.25) is 0 Å². The van der Waals surface area contributed by atoms with Gasteiger partial charge in [0, 0.05) is 11.3 Å². The highest BCUT2D eigenvalue weighted by Crippen LogP contribution is 2.38. The van der Waals surface area contributed by atoms with E-state index in [1.807, 2.05) is 0 Å². The summed E-state index contributed by atoms with van der Waals surface area (Å²) in [6.07, 6.45) is -4.82. The van der Waals surface area contributed by atoms with Crippen LogP contribution in [0.25, 0.3) is 0 Å². The molecule has 0 saturated heterocycles. The Morgan fingerprint density at radius 2 is 2.04 bits per heavy atom. The molecule has 0 unspecified atom stereocenters. The van der Waals surface area contributed by atoms with Crippen LogP contribution in [0.2, 0.25) is 0 Å². The summed E-state index contributed by atoms with van der Waals surface area (Å²) in [5, 5.41) is 0. The maximum Gasteiger partial charge on any atom is 0.435 e. The zero-order chi connectivity index (χ0) is 17.9. The highest BCUT2D eigenvalue weighted by atomic mass is 32.2. The molecular formula is C14H10F5NO2S2. The van der Waals surface area contributed by atoms with Crippen molar-refractivity contribution in [1.82, 2.24) is 4.98 Å². The van der Waals surface area contributed by atoms with Crippen molar-refractivity contribution in [2.75, 3.05) is 6.61 Å². The van der Waals surface area contributed by atoms with Crippen molar-refractivity contribution in [3.8, 4) is 0 Å². The number of hydrogen-bond acceptors (Lipinski definition) is 5. The maximum atomic E-state index is 13.5. The summed E-state index contributed by atoms with van der Waals surface area (Å²) in [5.41, 5.74) is -1.35. The fourth-order valence-electron chi connectivity index (χ4n) is 1.68. The average Bonchev–Trinajstić information content (AvgIpc) is 2.93. The topological polar surface area (TPSA) is 39.2 Å². The molecule has 3 nitrogen and oxygen atoms in total. The van der Waals surface area contributed by atoms with Gasteiger partial charge in [-0.1, -0.05) is 11.8 Å². The molecule has 130 valence electrons. The predicted octanol–water partition coefficient (Wildman–Crippen LogP) is 4.91. The number of thioether (sulfide) groups is 1. The van der Waals surface area contributed by atoms with E-state index in [1.54, 1.807) is 0 Å². The fraction of sp³-hybridized carbons (Fsp3) is 0.286. The molecule has 1 aromatic carbocycles. The van der Waals surface area contributed by atoms with E-state index in [-0.39, 0.29) is 22.3 Å².